The van der Waals surface area contributed by atoms with Gasteiger partial charge in [0.2, 0.25) is 5.76 Å². The third-order valence-corrected chi connectivity index (χ3v) is 6.76. The van der Waals surface area contributed by atoms with Gasteiger partial charge in [-0.15, -0.1) is 0 Å². The minimum Gasteiger partial charge on any atom is -0.475 e. The Balaban J connectivity index is 1.64. The minimum absolute atomic E-state index is 0.0359. The summed E-state index contributed by atoms with van der Waals surface area (Å²) in [5.41, 5.74) is 0.320. The molecule has 1 heterocycles. The number of nitrogens with one attached hydrogen (secondary N) is 1. The standard InChI is InChI=1S/C18H19NO6S/c20-17(19-11-13-7-10-16(25-13)18(21)22)12-5-8-15(9-6-12)26(23,24)14-3-1-2-4-14/h5-10,14H,1-4,11H2,(H,19,20)(H,21,22). The monoisotopic (exact) mass is 377 g/mol. The molecular formula is C18H19NO6S. The Morgan fingerprint density at radius 1 is 1.08 bits per heavy atom. The van der Waals surface area contributed by atoms with Gasteiger partial charge in [-0.2, -0.15) is 0 Å². The highest BCUT2D eigenvalue weighted by Crippen LogP contribution is 2.29. The van der Waals surface area contributed by atoms with E-state index in [1.54, 1.807) is 0 Å². The molecule has 8 heteroatoms. The van der Waals surface area contributed by atoms with Crippen molar-refractivity contribution in [2.45, 2.75) is 42.4 Å². The van der Waals surface area contributed by atoms with Crippen molar-refractivity contribution in [2.75, 3.05) is 0 Å². The topological polar surface area (TPSA) is 114 Å². The quantitative estimate of drug-likeness (QED) is 0.800. The SMILES string of the molecule is O=C(NCc1ccc(C(=O)O)o1)c1ccc(S(=O)(=O)C2CCCC2)cc1. The molecule has 1 fully saturated rings. The van der Waals surface area contributed by atoms with Crippen LogP contribution in [-0.4, -0.2) is 30.7 Å². The fourth-order valence-corrected chi connectivity index (χ4v) is 4.90. The largest absolute Gasteiger partial charge is 0.475 e. The number of carbonyl (C=O) groups is 2. The van der Waals surface area contributed by atoms with E-state index in [-0.39, 0.29) is 22.5 Å². The summed E-state index contributed by atoms with van der Waals surface area (Å²) in [5.74, 6) is -1.46. The van der Waals surface area contributed by atoms with Crippen LogP contribution in [0.3, 0.4) is 0 Å². The number of hydrogen-bond donors (Lipinski definition) is 2. The zero-order valence-electron chi connectivity index (χ0n) is 14.0. The second kappa shape index (κ2) is 7.33. The summed E-state index contributed by atoms with van der Waals surface area (Å²) in [6, 6.07) is 8.65. The maximum Gasteiger partial charge on any atom is 0.371 e. The summed E-state index contributed by atoms with van der Waals surface area (Å²) in [6.07, 6.45) is 3.24. The molecule has 138 valence electrons. The maximum atomic E-state index is 12.5. The second-order valence-corrected chi connectivity index (χ2v) is 8.46. The van der Waals surface area contributed by atoms with Crippen LogP contribution in [0, 0.1) is 0 Å². The molecule has 1 aromatic carbocycles. The van der Waals surface area contributed by atoms with Gasteiger partial charge in [0, 0.05) is 5.56 Å². The van der Waals surface area contributed by atoms with Crippen molar-refractivity contribution in [3.63, 3.8) is 0 Å². The molecule has 2 aromatic rings. The van der Waals surface area contributed by atoms with Gasteiger partial charge in [-0.3, -0.25) is 4.79 Å². The number of furan rings is 1. The molecule has 2 N–H and O–H groups in total. The van der Waals surface area contributed by atoms with Crippen LogP contribution in [-0.2, 0) is 16.4 Å². The normalized spacial score (nSPS) is 15.1. The molecule has 0 spiro atoms. The molecule has 0 bridgehead atoms. The number of benzene rings is 1. The van der Waals surface area contributed by atoms with E-state index in [0.717, 1.165) is 12.8 Å². The number of rotatable bonds is 6. The molecule has 0 aliphatic heterocycles. The van der Waals surface area contributed by atoms with E-state index in [4.69, 9.17) is 9.52 Å². The van der Waals surface area contributed by atoms with Crippen LogP contribution in [0.15, 0.2) is 45.7 Å². The van der Waals surface area contributed by atoms with Crippen molar-refractivity contribution in [1.82, 2.24) is 5.32 Å². The van der Waals surface area contributed by atoms with Gasteiger partial charge in [0.15, 0.2) is 9.84 Å². The Kier molecular flexibility index (Phi) is 5.13. The molecule has 0 saturated heterocycles. The number of sulfone groups is 1. The van der Waals surface area contributed by atoms with E-state index in [1.807, 2.05) is 0 Å². The van der Waals surface area contributed by atoms with Gasteiger partial charge in [-0.05, 0) is 49.2 Å². The fourth-order valence-electron chi connectivity index (χ4n) is 3.04. The molecule has 1 saturated carbocycles. The van der Waals surface area contributed by atoms with E-state index in [9.17, 15) is 18.0 Å². The molecule has 3 rings (SSSR count). The summed E-state index contributed by atoms with van der Waals surface area (Å²) in [6.45, 7) is 0.0359. The van der Waals surface area contributed by atoms with E-state index < -0.39 is 21.7 Å². The third kappa shape index (κ3) is 3.80. The zero-order valence-corrected chi connectivity index (χ0v) is 14.8. The molecule has 1 amide bonds. The molecule has 7 nitrogen and oxygen atoms in total. The number of aromatic carboxylic acids is 1. The molecule has 26 heavy (non-hydrogen) atoms. The Labute approximate surface area is 150 Å². The van der Waals surface area contributed by atoms with Crippen LogP contribution in [0.2, 0.25) is 0 Å². The summed E-state index contributed by atoms with van der Waals surface area (Å²) >= 11 is 0. The Hall–Kier alpha value is -2.61. The Morgan fingerprint density at radius 3 is 2.31 bits per heavy atom. The van der Waals surface area contributed by atoms with Crippen molar-refractivity contribution >= 4 is 21.7 Å². The van der Waals surface area contributed by atoms with Gasteiger partial charge in [-0.25, -0.2) is 13.2 Å². The molecular weight excluding hydrogens is 358 g/mol. The number of carboxylic acids is 1. The highest BCUT2D eigenvalue weighted by molar-refractivity contribution is 7.92. The van der Waals surface area contributed by atoms with Crippen LogP contribution in [0.4, 0.5) is 0 Å². The lowest BCUT2D eigenvalue weighted by Gasteiger charge is -2.11. The fraction of sp³-hybridized carbons (Fsp3) is 0.333. The van der Waals surface area contributed by atoms with Crippen LogP contribution in [0.1, 0.15) is 52.4 Å². The van der Waals surface area contributed by atoms with Crippen molar-refractivity contribution < 1.29 is 27.5 Å². The van der Waals surface area contributed by atoms with Gasteiger partial charge in [0.1, 0.15) is 5.76 Å². The van der Waals surface area contributed by atoms with Gasteiger partial charge in [0.25, 0.3) is 5.91 Å². The van der Waals surface area contributed by atoms with Crippen molar-refractivity contribution in [2.24, 2.45) is 0 Å². The maximum absolute atomic E-state index is 12.5. The zero-order chi connectivity index (χ0) is 18.7. The highest BCUT2D eigenvalue weighted by atomic mass is 32.2. The Morgan fingerprint density at radius 2 is 1.73 bits per heavy atom. The van der Waals surface area contributed by atoms with E-state index >= 15 is 0 Å². The van der Waals surface area contributed by atoms with E-state index in [2.05, 4.69) is 5.32 Å². The van der Waals surface area contributed by atoms with Crippen LogP contribution in [0.25, 0.3) is 0 Å². The number of hydrogen-bond acceptors (Lipinski definition) is 5. The molecule has 1 aliphatic rings. The number of carboxylic acid groups (broad SMARTS) is 1. The summed E-state index contributed by atoms with van der Waals surface area (Å²) in [5, 5.41) is 11.1. The highest BCUT2D eigenvalue weighted by Gasteiger charge is 2.30. The van der Waals surface area contributed by atoms with Gasteiger partial charge in [0.05, 0.1) is 16.7 Å². The average Bonchev–Trinajstić information content (AvgIpc) is 3.31. The van der Waals surface area contributed by atoms with Crippen molar-refractivity contribution in [3.05, 3.63) is 53.5 Å². The van der Waals surface area contributed by atoms with Crippen LogP contribution >= 0.6 is 0 Å². The predicted molar refractivity (Wildman–Crippen MR) is 92.7 cm³/mol. The number of amides is 1. The first-order chi connectivity index (χ1) is 12.4. The van der Waals surface area contributed by atoms with E-state index in [1.165, 1.54) is 36.4 Å². The second-order valence-electron chi connectivity index (χ2n) is 6.23. The van der Waals surface area contributed by atoms with Crippen molar-refractivity contribution in [3.8, 4) is 0 Å². The average molecular weight is 377 g/mol. The summed E-state index contributed by atoms with van der Waals surface area (Å²) in [4.78, 5) is 23.1. The molecule has 0 radical (unpaired) electrons. The van der Waals surface area contributed by atoms with Gasteiger partial charge in [-0.1, -0.05) is 12.8 Å². The lowest BCUT2D eigenvalue weighted by Crippen LogP contribution is -2.23. The lowest BCUT2D eigenvalue weighted by molar-refractivity contribution is 0.0660. The number of carbonyl (C=O) groups excluding carboxylic acids is 1. The predicted octanol–water partition coefficient (Wildman–Crippen LogP) is 2.62. The third-order valence-electron chi connectivity index (χ3n) is 4.48. The first kappa shape index (κ1) is 18.2. The molecule has 0 atom stereocenters. The first-order valence-corrected chi connectivity index (χ1v) is 9.87. The smallest absolute Gasteiger partial charge is 0.371 e. The van der Waals surface area contributed by atoms with Crippen molar-refractivity contribution in [1.29, 1.82) is 0 Å². The minimum atomic E-state index is -3.34. The molecule has 1 aliphatic carbocycles. The Bertz CT molecular complexity index is 907. The van der Waals surface area contributed by atoms with E-state index in [0.29, 0.717) is 24.2 Å². The first-order valence-electron chi connectivity index (χ1n) is 8.32. The summed E-state index contributed by atoms with van der Waals surface area (Å²) in [7, 11) is -3.34. The van der Waals surface area contributed by atoms with Crippen LogP contribution in [0.5, 0.6) is 0 Å². The lowest BCUT2D eigenvalue weighted by atomic mass is 10.2. The summed E-state index contributed by atoms with van der Waals surface area (Å²) < 4.78 is 30.1. The van der Waals surface area contributed by atoms with Gasteiger partial charge < -0.3 is 14.8 Å². The molecule has 0 unspecified atom stereocenters. The van der Waals surface area contributed by atoms with Crippen LogP contribution < -0.4 is 5.32 Å². The van der Waals surface area contributed by atoms with Gasteiger partial charge >= 0.3 is 5.97 Å². The molecule has 1 aromatic heterocycles.